The van der Waals surface area contributed by atoms with Crippen LogP contribution in [0, 0.1) is 5.92 Å². The third kappa shape index (κ3) is 3.22. The van der Waals surface area contributed by atoms with Gasteiger partial charge in [0.15, 0.2) is 5.69 Å². The van der Waals surface area contributed by atoms with Crippen LogP contribution in [-0.4, -0.2) is 35.4 Å². The molecular formula is C19H25N3O2. The topological polar surface area (TPSA) is 47.4 Å². The quantitative estimate of drug-likeness (QED) is 0.847. The fourth-order valence-electron chi connectivity index (χ4n) is 3.37. The fraction of sp³-hybridized carbons (Fsp3) is 0.474. The van der Waals surface area contributed by atoms with E-state index in [2.05, 4.69) is 25.0 Å². The molecule has 2 heterocycles. The lowest BCUT2D eigenvalue weighted by Gasteiger charge is -2.39. The van der Waals surface area contributed by atoms with Crippen LogP contribution in [0.3, 0.4) is 0 Å². The highest BCUT2D eigenvalue weighted by atomic mass is 16.5. The maximum Gasteiger partial charge on any atom is 0.279 e. The van der Waals surface area contributed by atoms with E-state index in [4.69, 9.17) is 4.74 Å². The van der Waals surface area contributed by atoms with Gasteiger partial charge >= 0.3 is 0 Å². The predicted molar refractivity (Wildman–Crippen MR) is 94.3 cm³/mol. The number of carbonyl (C=O) groups is 1. The molecule has 1 aromatic heterocycles. The van der Waals surface area contributed by atoms with Crippen LogP contribution in [0.2, 0.25) is 0 Å². The average molecular weight is 327 g/mol. The Balaban J connectivity index is 1.92. The molecule has 2 aromatic rings. The van der Waals surface area contributed by atoms with E-state index in [9.17, 15) is 4.79 Å². The van der Waals surface area contributed by atoms with Crippen LogP contribution in [0.1, 0.15) is 36.3 Å². The number of ether oxygens (including phenoxy) is 1. The summed E-state index contributed by atoms with van der Waals surface area (Å²) >= 11 is 0. The Kier molecular flexibility index (Phi) is 5.00. The van der Waals surface area contributed by atoms with Crippen molar-refractivity contribution in [1.82, 2.24) is 9.78 Å². The summed E-state index contributed by atoms with van der Waals surface area (Å²) in [6, 6.07) is 10.2. The number of amides is 1. The summed E-state index contributed by atoms with van der Waals surface area (Å²) in [6.45, 7) is 5.58. The van der Waals surface area contributed by atoms with Crippen molar-refractivity contribution in [3.8, 4) is 0 Å². The van der Waals surface area contributed by atoms with Gasteiger partial charge in [0.2, 0.25) is 0 Å². The minimum absolute atomic E-state index is 0.0167. The number of aryl methyl sites for hydroxylation is 1. The molecule has 3 rings (SSSR count). The Hall–Kier alpha value is -2.14. The van der Waals surface area contributed by atoms with Crippen molar-refractivity contribution >= 4 is 11.6 Å². The van der Waals surface area contributed by atoms with Crippen LogP contribution >= 0.6 is 0 Å². The standard InChI is InChI=1S/C19H25N3O2/c1-14(2)17-9-8-15-6-4-5-7-18(15)22(17)19(23)16-10-11-21(20-16)12-13-24-3/h4-7,10-11,14,17H,8-9,12-13H2,1-3H3/t17-/m0/s1. The zero-order valence-corrected chi connectivity index (χ0v) is 14.6. The van der Waals surface area contributed by atoms with Gasteiger partial charge < -0.3 is 9.64 Å². The molecule has 128 valence electrons. The molecule has 24 heavy (non-hydrogen) atoms. The van der Waals surface area contributed by atoms with Crippen molar-refractivity contribution in [3.05, 3.63) is 47.8 Å². The van der Waals surface area contributed by atoms with Gasteiger partial charge in [0, 0.05) is 25.0 Å². The minimum Gasteiger partial charge on any atom is -0.383 e. The van der Waals surface area contributed by atoms with Gasteiger partial charge in [0.25, 0.3) is 5.91 Å². The van der Waals surface area contributed by atoms with E-state index in [0.717, 1.165) is 18.5 Å². The molecule has 0 saturated carbocycles. The Bertz CT molecular complexity index is 708. The summed E-state index contributed by atoms with van der Waals surface area (Å²) in [5, 5.41) is 4.44. The monoisotopic (exact) mass is 327 g/mol. The first kappa shape index (κ1) is 16.7. The lowest BCUT2D eigenvalue weighted by atomic mass is 9.89. The van der Waals surface area contributed by atoms with E-state index >= 15 is 0 Å². The van der Waals surface area contributed by atoms with E-state index in [1.807, 2.05) is 29.3 Å². The molecule has 0 saturated heterocycles. The highest BCUT2D eigenvalue weighted by Crippen LogP contribution is 2.34. The second-order valence-electron chi connectivity index (χ2n) is 6.61. The Morgan fingerprint density at radius 1 is 1.33 bits per heavy atom. The SMILES string of the molecule is COCCn1ccc(C(=O)N2c3ccccc3CC[C@H]2C(C)C)n1. The summed E-state index contributed by atoms with van der Waals surface area (Å²) in [5.41, 5.74) is 2.76. The zero-order valence-electron chi connectivity index (χ0n) is 14.6. The van der Waals surface area contributed by atoms with Crippen LogP contribution in [0.4, 0.5) is 5.69 Å². The maximum atomic E-state index is 13.2. The first-order chi connectivity index (χ1) is 11.6. The molecule has 1 atom stereocenters. The summed E-state index contributed by atoms with van der Waals surface area (Å²) < 4.78 is 6.83. The van der Waals surface area contributed by atoms with E-state index in [-0.39, 0.29) is 11.9 Å². The number of rotatable bonds is 5. The second kappa shape index (κ2) is 7.18. The van der Waals surface area contributed by atoms with Gasteiger partial charge in [-0.1, -0.05) is 32.0 Å². The molecule has 1 aliphatic rings. The third-order valence-corrected chi connectivity index (χ3v) is 4.66. The first-order valence-corrected chi connectivity index (χ1v) is 8.55. The number of fused-ring (bicyclic) bond motifs is 1. The second-order valence-corrected chi connectivity index (χ2v) is 6.61. The summed E-state index contributed by atoms with van der Waals surface area (Å²) in [4.78, 5) is 15.1. The van der Waals surface area contributed by atoms with E-state index in [1.165, 1.54) is 5.56 Å². The Morgan fingerprint density at radius 2 is 2.12 bits per heavy atom. The molecular weight excluding hydrogens is 302 g/mol. The van der Waals surface area contributed by atoms with Crippen LogP contribution in [-0.2, 0) is 17.7 Å². The van der Waals surface area contributed by atoms with Crippen LogP contribution in [0.15, 0.2) is 36.5 Å². The number of hydrogen-bond donors (Lipinski definition) is 0. The van der Waals surface area contributed by atoms with Crippen molar-refractivity contribution in [3.63, 3.8) is 0 Å². The van der Waals surface area contributed by atoms with Gasteiger partial charge in [-0.2, -0.15) is 5.10 Å². The zero-order chi connectivity index (χ0) is 17.1. The number of para-hydroxylation sites is 1. The molecule has 5 heteroatoms. The maximum absolute atomic E-state index is 13.2. The molecule has 0 N–H and O–H groups in total. The van der Waals surface area contributed by atoms with Gasteiger partial charge in [0.05, 0.1) is 13.2 Å². The van der Waals surface area contributed by atoms with Gasteiger partial charge in [-0.25, -0.2) is 0 Å². The van der Waals surface area contributed by atoms with Crippen molar-refractivity contribution in [1.29, 1.82) is 0 Å². The predicted octanol–water partition coefficient (Wildman–Crippen LogP) is 3.15. The number of carbonyl (C=O) groups excluding carboxylic acids is 1. The number of methoxy groups -OCH3 is 1. The number of anilines is 1. The summed E-state index contributed by atoms with van der Waals surface area (Å²) in [7, 11) is 1.66. The van der Waals surface area contributed by atoms with Gasteiger partial charge in [-0.15, -0.1) is 0 Å². The molecule has 0 spiro atoms. The highest BCUT2D eigenvalue weighted by molar-refractivity contribution is 6.06. The normalized spacial score (nSPS) is 17.2. The smallest absolute Gasteiger partial charge is 0.279 e. The summed E-state index contributed by atoms with van der Waals surface area (Å²) in [5.74, 6) is 0.384. The molecule has 0 unspecified atom stereocenters. The lowest BCUT2D eigenvalue weighted by Crippen LogP contribution is -2.46. The minimum atomic E-state index is -0.0167. The van der Waals surface area contributed by atoms with Crippen LogP contribution in [0.25, 0.3) is 0 Å². The molecule has 0 radical (unpaired) electrons. The Labute approximate surface area is 143 Å². The highest BCUT2D eigenvalue weighted by Gasteiger charge is 2.34. The van der Waals surface area contributed by atoms with E-state index in [0.29, 0.717) is 24.8 Å². The number of hydrogen-bond acceptors (Lipinski definition) is 3. The number of aromatic nitrogens is 2. The van der Waals surface area contributed by atoms with Gasteiger partial charge in [-0.3, -0.25) is 9.48 Å². The molecule has 5 nitrogen and oxygen atoms in total. The van der Waals surface area contributed by atoms with E-state index < -0.39 is 0 Å². The molecule has 0 aliphatic carbocycles. The number of benzene rings is 1. The molecule has 0 fully saturated rings. The molecule has 1 aliphatic heterocycles. The average Bonchev–Trinajstić information content (AvgIpc) is 3.07. The lowest BCUT2D eigenvalue weighted by molar-refractivity contribution is 0.0958. The van der Waals surface area contributed by atoms with Crippen molar-refractivity contribution in [2.75, 3.05) is 18.6 Å². The fourth-order valence-corrected chi connectivity index (χ4v) is 3.37. The molecule has 1 aromatic carbocycles. The van der Waals surface area contributed by atoms with Crippen molar-refractivity contribution in [2.45, 2.75) is 39.3 Å². The van der Waals surface area contributed by atoms with E-state index in [1.54, 1.807) is 17.9 Å². The first-order valence-electron chi connectivity index (χ1n) is 8.55. The van der Waals surface area contributed by atoms with Gasteiger partial charge in [-0.05, 0) is 36.5 Å². The Morgan fingerprint density at radius 3 is 2.88 bits per heavy atom. The number of nitrogens with zero attached hydrogens (tertiary/aromatic N) is 3. The van der Waals surface area contributed by atoms with Gasteiger partial charge in [0.1, 0.15) is 0 Å². The van der Waals surface area contributed by atoms with Crippen molar-refractivity contribution < 1.29 is 9.53 Å². The molecule has 1 amide bonds. The summed E-state index contributed by atoms with van der Waals surface area (Å²) in [6.07, 6.45) is 3.85. The van der Waals surface area contributed by atoms with Crippen LogP contribution in [0.5, 0.6) is 0 Å². The van der Waals surface area contributed by atoms with Crippen LogP contribution < -0.4 is 4.90 Å². The molecule has 0 bridgehead atoms. The van der Waals surface area contributed by atoms with Crippen molar-refractivity contribution in [2.24, 2.45) is 5.92 Å². The largest absolute Gasteiger partial charge is 0.383 e. The third-order valence-electron chi connectivity index (χ3n) is 4.66.